The number of ether oxygens (including phenoxy) is 1. The molecule has 110 valence electrons. The van der Waals surface area contributed by atoms with Crippen molar-refractivity contribution < 1.29 is 4.74 Å². The van der Waals surface area contributed by atoms with E-state index in [-0.39, 0.29) is 11.6 Å². The summed E-state index contributed by atoms with van der Waals surface area (Å²) in [6.07, 6.45) is 2.83. The van der Waals surface area contributed by atoms with Crippen LogP contribution in [-0.4, -0.2) is 5.60 Å². The Bertz CT molecular complexity index is 628. The molecule has 1 unspecified atom stereocenters. The van der Waals surface area contributed by atoms with Gasteiger partial charge in [-0.2, -0.15) is 0 Å². The summed E-state index contributed by atoms with van der Waals surface area (Å²) < 4.78 is 7.31. The second-order valence-corrected chi connectivity index (χ2v) is 6.95. The first-order valence-electron chi connectivity index (χ1n) is 7.34. The normalized spacial score (nSPS) is 24.2. The van der Waals surface area contributed by atoms with Gasteiger partial charge in [0, 0.05) is 22.5 Å². The van der Waals surface area contributed by atoms with Crippen molar-refractivity contribution in [3.05, 3.63) is 64.1 Å². The Morgan fingerprint density at radius 1 is 1.24 bits per heavy atom. The lowest BCUT2D eigenvalue weighted by Gasteiger charge is -2.39. The maximum atomic E-state index is 6.36. The lowest BCUT2D eigenvalue weighted by molar-refractivity contribution is 0.0458. The van der Waals surface area contributed by atoms with Gasteiger partial charge in [-0.05, 0) is 43.5 Å². The summed E-state index contributed by atoms with van der Waals surface area (Å²) in [5, 5.41) is 0. The second kappa shape index (κ2) is 5.82. The van der Waals surface area contributed by atoms with Crippen molar-refractivity contribution in [2.45, 2.75) is 37.8 Å². The van der Waals surface area contributed by atoms with E-state index in [4.69, 9.17) is 10.5 Å². The monoisotopic (exact) mass is 345 g/mol. The minimum absolute atomic E-state index is 0.0343. The molecule has 21 heavy (non-hydrogen) atoms. The summed E-state index contributed by atoms with van der Waals surface area (Å²) in [5.41, 5.74) is 8.60. The van der Waals surface area contributed by atoms with Gasteiger partial charge in [-0.15, -0.1) is 0 Å². The summed E-state index contributed by atoms with van der Waals surface area (Å²) in [6, 6.07) is 16.7. The molecule has 0 saturated heterocycles. The van der Waals surface area contributed by atoms with E-state index in [0.29, 0.717) is 0 Å². The zero-order valence-electron chi connectivity index (χ0n) is 12.2. The highest BCUT2D eigenvalue weighted by molar-refractivity contribution is 9.10. The Balaban J connectivity index is 1.76. The smallest absolute Gasteiger partial charge is 0.124 e. The van der Waals surface area contributed by atoms with Gasteiger partial charge in [0.2, 0.25) is 0 Å². The molecule has 0 aromatic heterocycles. The van der Waals surface area contributed by atoms with E-state index >= 15 is 0 Å². The van der Waals surface area contributed by atoms with Gasteiger partial charge in [0.1, 0.15) is 11.4 Å². The van der Waals surface area contributed by atoms with Gasteiger partial charge in [-0.3, -0.25) is 0 Å². The molecule has 2 N–H and O–H groups in total. The molecule has 2 atom stereocenters. The molecule has 0 radical (unpaired) electrons. The SMILES string of the molecule is CC1(CCc2ccccc2)C[C@H](N)c2cc(Br)ccc2O1. The van der Waals surface area contributed by atoms with Gasteiger partial charge in [0.15, 0.2) is 0 Å². The van der Waals surface area contributed by atoms with Crippen molar-refractivity contribution in [2.24, 2.45) is 5.73 Å². The Labute approximate surface area is 134 Å². The van der Waals surface area contributed by atoms with Crippen LogP contribution in [0.2, 0.25) is 0 Å². The standard InChI is InChI=1S/C18H20BrNO/c1-18(10-9-13-5-3-2-4-6-13)12-16(20)15-11-14(19)7-8-17(15)21-18/h2-8,11,16H,9-10,12,20H2,1H3/t16-,18?/m0/s1. The Morgan fingerprint density at radius 3 is 2.76 bits per heavy atom. The Hall–Kier alpha value is -1.32. The molecule has 0 spiro atoms. The van der Waals surface area contributed by atoms with Crippen LogP contribution in [0, 0.1) is 0 Å². The third-order valence-electron chi connectivity index (χ3n) is 4.16. The minimum atomic E-state index is -0.198. The van der Waals surface area contributed by atoms with Gasteiger partial charge < -0.3 is 10.5 Å². The topological polar surface area (TPSA) is 35.2 Å². The molecular weight excluding hydrogens is 326 g/mol. The molecule has 0 fully saturated rings. The summed E-state index contributed by atoms with van der Waals surface area (Å²) in [4.78, 5) is 0. The molecule has 0 saturated carbocycles. The number of rotatable bonds is 3. The van der Waals surface area contributed by atoms with Gasteiger partial charge >= 0.3 is 0 Å². The predicted octanol–water partition coefficient (Wildman–Crippen LogP) is 4.62. The first-order valence-corrected chi connectivity index (χ1v) is 8.13. The van der Waals surface area contributed by atoms with E-state index in [2.05, 4.69) is 53.2 Å². The molecule has 2 nitrogen and oxygen atoms in total. The third-order valence-corrected chi connectivity index (χ3v) is 4.66. The summed E-state index contributed by atoms with van der Waals surface area (Å²) >= 11 is 3.50. The highest BCUT2D eigenvalue weighted by Gasteiger charge is 2.35. The van der Waals surface area contributed by atoms with E-state index in [0.717, 1.165) is 35.0 Å². The van der Waals surface area contributed by atoms with Crippen molar-refractivity contribution >= 4 is 15.9 Å². The van der Waals surface area contributed by atoms with Crippen LogP contribution in [0.25, 0.3) is 0 Å². The van der Waals surface area contributed by atoms with Crippen molar-refractivity contribution in [1.29, 1.82) is 0 Å². The molecule has 2 aromatic carbocycles. The van der Waals surface area contributed by atoms with Crippen molar-refractivity contribution in [2.75, 3.05) is 0 Å². The maximum absolute atomic E-state index is 6.36. The summed E-state index contributed by atoms with van der Waals surface area (Å²) in [5.74, 6) is 0.924. The van der Waals surface area contributed by atoms with Gasteiger partial charge in [0.25, 0.3) is 0 Å². The van der Waals surface area contributed by atoms with Crippen molar-refractivity contribution in [3.8, 4) is 5.75 Å². The zero-order valence-corrected chi connectivity index (χ0v) is 13.8. The Kier molecular flexibility index (Phi) is 4.05. The molecule has 1 aliphatic rings. The molecule has 1 heterocycles. The highest BCUT2D eigenvalue weighted by atomic mass is 79.9. The zero-order chi connectivity index (χ0) is 14.9. The molecule has 0 amide bonds. The summed E-state index contributed by atoms with van der Waals surface area (Å²) in [7, 11) is 0. The van der Waals surface area contributed by atoms with Crippen LogP contribution in [0.5, 0.6) is 5.75 Å². The number of aryl methyl sites for hydroxylation is 1. The molecule has 0 bridgehead atoms. The summed E-state index contributed by atoms with van der Waals surface area (Å²) in [6.45, 7) is 2.17. The highest BCUT2D eigenvalue weighted by Crippen LogP contribution is 2.41. The molecule has 0 aliphatic carbocycles. The average Bonchev–Trinajstić information content (AvgIpc) is 2.47. The van der Waals surface area contributed by atoms with E-state index in [1.807, 2.05) is 18.2 Å². The van der Waals surface area contributed by atoms with E-state index in [9.17, 15) is 0 Å². The van der Waals surface area contributed by atoms with Gasteiger partial charge in [-0.25, -0.2) is 0 Å². The number of benzene rings is 2. The van der Waals surface area contributed by atoms with Crippen molar-refractivity contribution in [3.63, 3.8) is 0 Å². The van der Waals surface area contributed by atoms with E-state index in [1.165, 1.54) is 5.56 Å². The van der Waals surface area contributed by atoms with E-state index in [1.54, 1.807) is 0 Å². The number of hydrogen-bond donors (Lipinski definition) is 1. The second-order valence-electron chi connectivity index (χ2n) is 6.03. The van der Waals surface area contributed by atoms with Crippen LogP contribution in [0.4, 0.5) is 0 Å². The average molecular weight is 346 g/mol. The number of halogens is 1. The van der Waals surface area contributed by atoms with Crippen LogP contribution in [0.15, 0.2) is 53.0 Å². The predicted molar refractivity (Wildman–Crippen MR) is 89.5 cm³/mol. The van der Waals surface area contributed by atoms with Crippen LogP contribution >= 0.6 is 15.9 Å². The first-order chi connectivity index (χ1) is 10.1. The fraction of sp³-hybridized carbons (Fsp3) is 0.333. The fourth-order valence-corrected chi connectivity index (χ4v) is 3.37. The maximum Gasteiger partial charge on any atom is 0.124 e. The van der Waals surface area contributed by atoms with Crippen LogP contribution in [0.3, 0.4) is 0 Å². The quantitative estimate of drug-likeness (QED) is 0.880. The third kappa shape index (κ3) is 3.30. The lowest BCUT2D eigenvalue weighted by atomic mass is 9.85. The van der Waals surface area contributed by atoms with E-state index < -0.39 is 0 Å². The van der Waals surface area contributed by atoms with Crippen molar-refractivity contribution in [1.82, 2.24) is 0 Å². The van der Waals surface area contributed by atoms with Crippen LogP contribution in [0.1, 0.15) is 36.9 Å². The minimum Gasteiger partial charge on any atom is -0.487 e. The molecule has 1 aliphatic heterocycles. The fourth-order valence-electron chi connectivity index (χ4n) is 2.99. The lowest BCUT2D eigenvalue weighted by Crippen LogP contribution is -2.40. The number of nitrogens with two attached hydrogens (primary N) is 1. The number of fused-ring (bicyclic) bond motifs is 1. The van der Waals surface area contributed by atoms with Gasteiger partial charge in [0.05, 0.1) is 0 Å². The molecule has 3 rings (SSSR count). The Morgan fingerprint density at radius 2 is 2.00 bits per heavy atom. The molecule has 3 heteroatoms. The largest absolute Gasteiger partial charge is 0.487 e. The van der Waals surface area contributed by atoms with Crippen LogP contribution in [-0.2, 0) is 6.42 Å². The number of hydrogen-bond acceptors (Lipinski definition) is 2. The first kappa shape index (κ1) is 14.6. The molecular formula is C18H20BrNO. The van der Waals surface area contributed by atoms with Gasteiger partial charge in [-0.1, -0.05) is 46.3 Å². The van der Waals surface area contributed by atoms with Crippen LogP contribution < -0.4 is 10.5 Å². The molecule has 2 aromatic rings.